The van der Waals surface area contributed by atoms with Crippen LogP contribution in [0.2, 0.25) is 0 Å². The maximum atomic E-state index is 11.2. The lowest BCUT2D eigenvalue weighted by Crippen LogP contribution is -2.36. The average Bonchev–Trinajstić information content (AvgIpc) is 2.86. The molecule has 18 heavy (non-hydrogen) atoms. The Kier molecular flexibility index (Phi) is 4.23. The van der Waals surface area contributed by atoms with E-state index in [-0.39, 0.29) is 5.41 Å². The van der Waals surface area contributed by atoms with Gasteiger partial charge in [0, 0.05) is 36.7 Å². The van der Waals surface area contributed by atoms with Crippen LogP contribution in [-0.4, -0.2) is 23.9 Å². The van der Waals surface area contributed by atoms with Crippen molar-refractivity contribution in [2.45, 2.75) is 44.9 Å². The first-order valence-corrected chi connectivity index (χ1v) is 6.94. The van der Waals surface area contributed by atoms with Crippen LogP contribution in [0.4, 0.5) is 0 Å². The van der Waals surface area contributed by atoms with Gasteiger partial charge in [-0.1, -0.05) is 13.8 Å². The Labute approximate surface area is 109 Å². The number of rotatable bonds is 5. The van der Waals surface area contributed by atoms with Crippen molar-refractivity contribution < 1.29 is 4.79 Å². The van der Waals surface area contributed by atoms with Crippen molar-refractivity contribution in [3.8, 4) is 0 Å². The summed E-state index contributed by atoms with van der Waals surface area (Å²) >= 11 is 0. The van der Waals surface area contributed by atoms with Crippen LogP contribution in [0, 0.1) is 5.92 Å². The fourth-order valence-electron chi connectivity index (χ4n) is 2.64. The molecule has 0 aliphatic heterocycles. The summed E-state index contributed by atoms with van der Waals surface area (Å²) in [7, 11) is 0. The maximum absolute atomic E-state index is 11.2. The molecule has 1 aliphatic carbocycles. The standard InChI is InChI=1S/C15H24N2O/c1-15(2,14-4-3-9-17-14)11-16-10-12-5-7-13(18)8-6-12/h3-4,9,12,16-17H,5-8,10-11H2,1-2H3. The third-order valence-corrected chi connectivity index (χ3v) is 3.99. The molecule has 2 N–H and O–H groups in total. The summed E-state index contributed by atoms with van der Waals surface area (Å²) in [4.78, 5) is 14.5. The third kappa shape index (κ3) is 3.45. The second kappa shape index (κ2) is 5.70. The highest BCUT2D eigenvalue weighted by molar-refractivity contribution is 5.79. The SMILES string of the molecule is CC(C)(CNCC1CCC(=O)CC1)c1ccc[nH]1. The molecule has 1 aliphatic rings. The van der Waals surface area contributed by atoms with Crippen LogP contribution >= 0.6 is 0 Å². The van der Waals surface area contributed by atoms with Crippen LogP contribution in [0.25, 0.3) is 0 Å². The van der Waals surface area contributed by atoms with Crippen LogP contribution < -0.4 is 5.32 Å². The summed E-state index contributed by atoms with van der Waals surface area (Å²) < 4.78 is 0. The van der Waals surface area contributed by atoms with Crippen LogP contribution in [0.1, 0.15) is 45.2 Å². The maximum Gasteiger partial charge on any atom is 0.132 e. The minimum atomic E-state index is 0.133. The van der Waals surface area contributed by atoms with Gasteiger partial charge in [-0.25, -0.2) is 0 Å². The number of aromatic amines is 1. The van der Waals surface area contributed by atoms with Gasteiger partial charge in [-0.2, -0.15) is 0 Å². The highest BCUT2D eigenvalue weighted by atomic mass is 16.1. The molecule has 1 fully saturated rings. The Hall–Kier alpha value is -1.09. The molecule has 3 nitrogen and oxygen atoms in total. The molecule has 3 heteroatoms. The molecule has 1 aromatic rings. The largest absolute Gasteiger partial charge is 0.365 e. The number of carbonyl (C=O) groups is 1. The number of hydrogen-bond acceptors (Lipinski definition) is 2. The predicted molar refractivity (Wildman–Crippen MR) is 73.7 cm³/mol. The van der Waals surface area contributed by atoms with Crippen molar-refractivity contribution in [1.82, 2.24) is 10.3 Å². The second-order valence-corrected chi connectivity index (χ2v) is 6.08. The van der Waals surface area contributed by atoms with E-state index in [1.165, 1.54) is 5.69 Å². The summed E-state index contributed by atoms with van der Waals surface area (Å²) in [6.45, 7) is 6.50. The van der Waals surface area contributed by atoms with Crippen LogP contribution in [0.5, 0.6) is 0 Å². The number of ketones is 1. The van der Waals surface area contributed by atoms with E-state index in [0.29, 0.717) is 11.7 Å². The van der Waals surface area contributed by atoms with Gasteiger partial charge in [0.15, 0.2) is 0 Å². The van der Waals surface area contributed by atoms with E-state index in [0.717, 1.165) is 38.8 Å². The molecule has 0 spiro atoms. The van der Waals surface area contributed by atoms with Gasteiger partial charge < -0.3 is 10.3 Å². The van der Waals surface area contributed by atoms with Crippen LogP contribution in [0.15, 0.2) is 18.3 Å². The molecular formula is C15H24N2O. The fraction of sp³-hybridized carbons (Fsp3) is 0.667. The van der Waals surface area contributed by atoms with Gasteiger partial charge in [-0.15, -0.1) is 0 Å². The first-order valence-electron chi connectivity index (χ1n) is 6.94. The summed E-state index contributed by atoms with van der Waals surface area (Å²) in [5, 5.41) is 3.57. The van der Waals surface area contributed by atoms with Gasteiger partial charge >= 0.3 is 0 Å². The Morgan fingerprint density at radius 3 is 2.72 bits per heavy atom. The Morgan fingerprint density at radius 1 is 1.39 bits per heavy atom. The summed E-state index contributed by atoms with van der Waals surface area (Å²) in [6.07, 6.45) is 5.67. The monoisotopic (exact) mass is 248 g/mol. The molecule has 1 aromatic heterocycles. The predicted octanol–water partition coefficient (Wildman–Crippen LogP) is 2.64. The minimum Gasteiger partial charge on any atom is -0.365 e. The van der Waals surface area contributed by atoms with Crippen molar-refractivity contribution >= 4 is 5.78 Å². The molecule has 1 heterocycles. The smallest absolute Gasteiger partial charge is 0.132 e. The average molecular weight is 248 g/mol. The zero-order valence-corrected chi connectivity index (χ0v) is 11.5. The zero-order chi connectivity index (χ0) is 13.0. The highest BCUT2D eigenvalue weighted by Crippen LogP contribution is 2.22. The lowest BCUT2D eigenvalue weighted by molar-refractivity contribution is -0.120. The number of carbonyl (C=O) groups excluding carboxylic acids is 1. The number of H-pyrrole nitrogens is 1. The molecule has 2 rings (SSSR count). The lowest BCUT2D eigenvalue weighted by atomic mass is 9.87. The number of hydrogen-bond donors (Lipinski definition) is 2. The Bertz CT molecular complexity index is 371. The van der Waals surface area contributed by atoms with Crippen molar-refractivity contribution in [3.05, 3.63) is 24.0 Å². The van der Waals surface area contributed by atoms with E-state index < -0.39 is 0 Å². The van der Waals surface area contributed by atoms with Gasteiger partial charge in [0.2, 0.25) is 0 Å². The van der Waals surface area contributed by atoms with Gasteiger partial charge in [0.1, 0.15) is 5.78 Å². The Morgan fingerprint density at radius 2 is 2.11 bits per heavy atom. The number of aromatic nitrogens is 1. The van der Waals surface area contributed by atoms with E-state index >= 15 is 0 Å². The molecule has 100 valence electrons. The van der Waals surface area contributed by atoms with E-state index in [4.69, 9.17) is 0 Å². The fourth-order valence-corrected chi connectivity index (χ4v) is 2.64. The van der Waals surface area contributed by atoms with Crippen molar-refractivity contribution in [2.24, 2.45) is 5.92 Å². The van der Waals surface area contributed by atoms with E-state index in [1.54, 1.807) is 0 Å². The lowest BCUT2D eigenvalue weighted by Gasteiger charge is -2.27. The zero-order valence-electron chi connectivity index (χ0n) is 11.5. The van der Waals surface area contributed by atoms with E-state index in [9.17, 15) is 4.79 Å². The third-order valence-electron chi connectivity index (χ3n) is 3.99. The summed E-state index contributed by atoms with van der Waals surface area (Å²) in [5.41, 5.74) is 1.40. The minimum absolute atomic E-state index is 0.133. The molecule has 0 amide bonds. The van der Waals surface area contributed by atoms with Crippen molar-refractivity contribution in [1.29, 1.82) is 0 Å². The van der Waals surface area contributed by atoms with Gasteiger partial charge in [-0.3, -0.25) is 4.79 Å². The number of Topliss-reactive ketones (excluding diaryl/α,β-unsaturated/α-hetero) is 1. The highest BCUT2D eigenvalue weighted by Gasteiger charge is 2.23. The molecular weight excluding hydrogens is 224 g/mol. The molecule has 1 saturated carbocycles. The van der Waals surface area contributed by atoms with Crippen molar-refractivity contribution in [2.75, 3.05) is 13.1 Å². The molecule has 0 saturated heterocycles. The topological polar surface area (TPSA) is 44.9 Å². The second-order valence-electron chi connectivity index (χ2n) is 6.08. The summed E-state index contributed by atoms with van der Waals surface area (Å²) in [5.74, 6) is 1.13. The normalized spacial score (nSPS) is 18.2. The van der Waals surface area contributed by atoms with E-state index in [1.807, 2.05) is 12.3 Å². The van der Waals surface area contributed by atoms with E-state index in [2.05, 4.69) is 30.2 Å². The number of nitrogens with one attached hydrogen (secondary N) is 2. The molecule has 0 atom stereocenters. The van der Waals surface area contributed by atoms with Gasteiger partial charge in [0.25, 0.3) is 0 Å². The van der Waals surface area contributed by atoms with Crippen LogP contribution in [0.3, 0.4) is 0 Å². The molecule has 0 radical (unpaired) electrons. The Balaban J connectivity index is 1.73. The van der Waals surface area contributed by atoms with Crippen molar-refractivity contribution in [3.63, 3.8) is 0 Å². The first-order chi connectivity index (χ1) is 8.58. The summed E-state index contributed by atoms with van der Waals surface area (Å²) in [6, 6.07) is 4.19. The molecule has 0 bridgehead atoms. The first kappa shape index (κ1) is 13.3. The van der Waals surface area contributed by atoms with Gasteiger partial charge in [0.05, 0.1) is 0 Å². The molecule has 0 aromatic carbocycles. The quantitative estimate of drug-likeness (QED) is 0.841. The van der Waals surface area contributed by atoms with Gasteiger partial charge in [-0.05, 0) is 37.4 Å². The molecule has 0 unspecified atom stereocenters. The van der Waals surface area contributed by atoms with Crippen LogP contribution in [-0.2, 0) is 10.2 Å².